The van der Waals surface area contributed by atoms with Gasteiger partial charge in [-0.1, -0.05) is 41.0 Å². The van der Waals surface area contributed by atoms with E-state index < -0.39 is 41.7 Å². The number of carboxylic acids is 1. The van der Waals surface area contributed by atoms with Crippen molar-refractivity contribution in [3.8, 4) is 17.0 Å². The number of hydrogen-bond acceptors (Lipinski definition) is 7. The number of carboxylic acid groups (broad SMARTS) is 1. The molecule has 2 fully saturated rings. The van der Waals surface area contributed by atoms with Gasteiger partial charge in [0.2, 0.25) is 0 Å². The fourth-order valence-corrected chi connectivity index (χ4v) is 7.51. The lowest BCUT2D eigenvalue weighted by molar-refractivity contribution is -0.197. The van der Waals surface area contributed by atoms with E-state index in [0.29, 0.717) is 23.2 Å². The number of benzene rings is 2. The van der Waals surface area contributed by atoms with Crippen molar-refractivity contribution < 1.29 is 32.4 Å². The van der Waals surface area contributed by atoms with Gasteiger partial charge in [-0.15, -0.1) is 11.3 Å². The summed E-state index contributed by atoms with van der Waals surface area (Å²) in [5, 5.41) is 11.6. The molecule has 226 valence electrons. The molecule has 1 N–H and O–H groups in total. The molecule has 2 atom stereocenters. The Kier molecular flexibility index (Phi) is 9.36. The maximum Gasteiger partial charge on any atom is 0.394 e. The van der Waals surface area contributed by atoms with E-state index in [9.17, 15) is 27.6 Å². The molecule has 7 nitrogen and oxygen atoms in total. The van der Waals surface area contributed by atoms with Crippen molar-refractivity contribution in [3.63, 3.8) is 0 Å². The maximum atomic E-state index is 13.7. The number of aliphatic carboxylic acids is 1. The molecule has 1 aromatic heterocycles. The second-order valence-corrected chi connectivity index (χ2v) is 13.5. The number of alkyl halides is 3. The molecule has 0 saturated carbocycles. The van der Waals surface area contributed by atoms with E-state index >= 15 is 0 Å². The van der Waals surface area contributed by atoms with Crippen LogP contribution in [0.25, 0.3) is 11.3 Å². The van der Waals surface area contributed by atoms with E-state index in [1.807, 2.05) is 25.1 Å². The topological polar surface area (TPSA) is 89.0 Å². The average molecular weight is 622 g/mol. The van der Waals surface area contributed by atoms with Crippen molar-refractivity contribution in [2.75, 3.05) is 42.6 Å². The Bertz CT molecular complexity index is 1410. The minimum Gasteiger partial charge on any atom is -0.616 e. The molecule has 3 heterocycles. The van der Waals surface area contributed by atoms with Crippen molar-refractivity contribution >= 4 is 33.6 Å². The number of rotatable bonds is 8. The summed E-state index contributed by atoms with van der Waals surface area (Å²) in [6.45, 7) is 6.62. The van der Waals surface area contributed by atoms with Gasteiger partial charge in [-0.25, -0.2) is 4.98 Å². The Morgan fingerprint density at radius 2 is 1.93 bits per heavy atom. The highest BCUT2D eigenvalue weighted by Gasteiger charge is 2.50. The van der Waals surface area contributed by atoms with Gasteiger partial charge in [-0.05, 0) is 49.1 Å². The van der Waals surface area contributed by atoms with Crippen molar-refractivity contribution in [1.82, 2.24) is 9.88 Å². The lowest BCUT2D eigenvalue weighted by atomic mass is 9.85. The predicted molar refractivity (Wildman–Crippen MR) is 158 cm³/mol. The monoisotopic (exact) mass is 621 g/mol. The number of ether oxygens (including phenoxy) is 1. The number of hydrogen-bond donors (Lipinski definition) is 1. The summed E-state index contributed by atoms with van der Waals surface area (Å²) in [6.07, 6.45) is -4.70. The van der Waals surface area contributed by atoms with Crippen LogP contribution >= 0.6 is 11.3 Å². The molecule has 0 radical (unpaired) electrons. The highest BCUT2D eigenvalue weighted by atomic mass is 32.2. The van der Waals surface area contributed by atoms with Gasteiger partial charge >= 0.3 is 12.1 Å². The summed E-state index contributed by atoms with van der Waals surface area (Å²) in [4.78, 5) is 20.0. The SMILES string of the molecule is Cc1ccc(OCc2ccc(CN3CC[S+]([O-])CC3)cc2C)c(-c2csc(N3CCC(C(=O)O)C(C(F)(F)F)C3)n2)c1. The predicted octanol–water partition coefficient (Wildman–Crippen LogP) is 5.66. The number of piperidine rings is 1. The van der Waals surface area contributed by atoms with E-state index in [1.165, 1.54) is 21.8 Å². The van der Waals surface area contributed by atoms with Gasteiger partial charge in [0, 0.05) is 43.7 Å². The first-order valence-electron chi connectivity index (χ1n) is 13.9. The van der Waals surface area contributed by atoms with Gasteiger partial charge in [-0.3, -0.25) is 9.69 Å². The van der Waals surface area contributed by atoms with Crippen LogP contribution < -0.4 is 9.64 Å². The van der Waals surface area contributed by atoms with Crippen LogP contribution in [-0.2, 0) is 29.1 Å². The Balaban J connectivity index is 1.28. The molecule has 0 spiro atoms. The van der Waals surface area contributed by atoms with Crippen LogP contribution in [-0.4, -0.2) is 69.4 Å². The zero-order valence-electron chi connectivity index (χ0n) is 23.5. The third-order valence-electron chi connectivity index (χ3n) is 7.99. The number of nitrogens with zero attached hydrogens (tertiary/aromatic N) is 3. The van der Waals surface area contributed by atoms with Crippen molar-refractivity contribution in [3.05, 3.63) is 64.0 Å². The summed E-state index contributed by atoms with van der Waals surface area (Å²) in [6, 6.07) is 12.1. The summed E-state index contributed by atoms with van der Waals surface area (Å²) >= 11 is 0.546. The third kappa shape index (κ3) is 7.21. The van der Waals surface area contributed by atoms with Crippen LogP contribution in [0.15, 0.2) is 41.8 Å². The van der Waals surface area contributed by atoms with Crippen LogP contribution in [0.1, 0.15) is 28.7 Å². The Hall–Kier alpha value is -2.80. The Labute approximate surface area is 250 Å². The van der Waals surface area contributed by atoms with Gasteiger partial charge < -0.3 is 19.3 Å². The summed E-state index contributed by atoms with van der Waals surface area (Å²) in [5.41, 5.74) is 5.71. The maximum absolute atomic E-state index is 13.7. The van der Waals surface area contributed by atoms with Crippen molar-refractivity contribution in [2.45, 2.75) is 39.6 Å². The van der Waals surface area contributed by atoms with Crippen LogP contribution in [0.2, 0.25) is 0 Å². The lowest BCUT2D eigenvalue weighted by Crippen LogP contribution is -2.49. The molecule has 12 heteroatoms. The highest BCUT2D eigenvalue weighted by Crippen LogP contribution is 2.41. The third-order valence-corrected chi connectivity index (χ3v) is 10.2. The van der Waals surface area contributed by atoms with E-state index in [1.54, 1.807) is 5.38 Å². The first-order chi connectivity index (χ1) is 20.0. The number of thiazole rings is 1. The molecule has 2 aliphatic rings. The Morgan fingerprint density at radius 1 is 1.17 bits per heavy atom. The molecule has 2 aliphatic heterocycles. The standard InChI is InChI=1S/C30H34F3N3O4S2/c1-19-3-6-27(40-17-22-5-4-21(14-20(22)2)15-35-9-11-42(39)12-10-35)24(13-19)26-18-41-29(34-26)36-8-7-23(28(37)38)25(16-36)30(31,32)33/h3-6,13-14,18,23,25H,7-12,15-17H2,1-2H3,(H,37,38). The summed E-state index contributed by atoms with van der Waals surface area (Å²) in [5.74, 6) is -2.74. The lowest BCUT2D eigenvalue weighted by Gasteiger charge is -2.37. The van der Waals surface area contributed by atoms with Gasteiger partial charge in [0.05, 0.1) is 17.5 Å². The van der Waals surface area contributed by atoms with Gasteiger partial charge in [0.1, 0.15) is 23.9 Å². The number of anilines is 1. The van der Waals surface area contributed by atoms with Crippen molar-refractivity contribution in [2.24, 2.45) is 11.8 Å². The molecule has 2 unspecified atom stereocenters. The van der Waals surface area contributed by atoms with Crippen LogP contribution in [0, 0.1) is 25.7 Å². The van der Waals surface area contributed by atoms with E-state index in [0.717, 1.165) is 53.4 Å². The Morgan fingerprint density at radius 3 is 2.62 bits per heavy atom. The minimum atomic E-state index is -4.61. The average Bonchev–Trinajstić information content (AvgIpc) is 3.44. The largest absolute Gasteiger partial charge is 0.616 e. The van der Waals surface area contributed by atoms with Crippen LogP contribution in [0.5, 0.6) is 5.75 Å². The molecule has 3 aromatic rings. The number of aryl methyl sites for hydroxylation is 2. The first-order valence-corrected chi connectivity index (χ1v) is 16.2. The molecular weight excluding hydrogens is 587 g/mol. The molecule has 0 amide bonds. The molecular formula is C30H34F3N3O4S2. The van der Waals surface area contributed by atoms with E-state index in [2.05, 4.69) is 35.0 Å². The van der Waals surface area contributed by atoms with Gasteiger partial charge in [-0.2, -0.15) is 13.2 Å². The second kappa shape index (κ2) is 12.8. The van der Waals surface area contributed by atoms with Gasteiger partial charge in [0.25, 0.3) is 0 Å². The summed E-state index contributed by atoms with van der Waals surface area (Å²) < 4.78 is 58.9. The smallest absolute Gasteiger partial charge is 0.394 e. The highest BCUT2D eigenvalue weighted by molar-refractivity contribution is 7.91. The molecule has 42 heavy (non-hydrogen) atoms. The van der Waals surface area contributed by atoms with Crippen LogP contribution in [0.4, 0.5) is 18.3 Å². The fraction of sp³-hybridized carbons (Fsp3) is 0.467. The molecule has 2 aromatic carbocycles. The fourth-order valence-electron chi connectivity index (χ4n) is 5.52. The number of carbonyl (C=O) groups is 1. The number of halogens is 3. The molecule has 5 rings (SSSR count). The van der Waals surface area contributed by atoms with E-state index in [4.69, 9.17) is 4.74 Å². The molecule has 0 aliphatic carbocycles. The normalized spacial score (nSPS) is 20.6. The van der Waals surface area contributed by atoms with E-state index in [-0.39, 0.29) is 13.0 Å². The minimum absolute atomic E-state index is 0.0929. The quantitative estimate of drug-likeness (QED) is 0.325. The second-order valence-electron chi connectivity index (χ2n) is 11.0. The van der Waals surface area contributed by atoms with Crippen LogP contribution in [0.3, 0.4) is 0 Å². The van der Waals surface area contributed by atoms with Crippen molar-refractivity contribution in [1.29, 1.82) is 0 Å². The number of aromatic nitrogens is 1. The zero-order valence-corrected chi connectivity index (χ0v) is 25.2. The molecule has 2 saturated heterocycles. The summed E-state index contributed by atoms with van der Waals surface area (Å²) in [7, 11) is 0. The molecule has 0 bridgehead atoms. The van der Waals surface area contributed by atoms with Gasteiger partial charge in [0.15, 0.2) is 5.13 Å². The zero-order chi connectivity index (χ0) is 30.0. The first kappa shape index (κ1) is 30.7.